The van der Waals surface area contributed by atoms with E-state index in [0.717, 1.165) is 18.5 Å². The number of amides is 1. The first-order chi connectivity index (χ1) is 11.7. The predicted molar refractivity (Wildman–Crippen MR) is 92.6 cm³/mol. The first kappa shape index (κ1) is 16.7. The van der Waals surface area contributed by atoms with E-state index in [-0.39, 0.29) is 11.9 Å². The third-order valence-corrected chi connectivity index (χ3v) is 4.73. The van der Waals surface area contributed by atoms with Crippen molar-refractivity contribution in [2.45, 2.75) is 25.5 Å². The van der Waals surface area contributed by atoms with Gasteiger partial charge in [-0.1, -0.05) is 0 Å². The number of carbonyl (C=O) groups excluding carboxylic acids is 1. The molecule has 3 rings (SSSR count). The summed E-state index contributed by atoms with van der Waals surface area (Å²) in [6, 6.07) is 5.47. The van der Waals surface area contributed by atoms with Crippen LogP contribution in [-0.4, -0.2) is 42.0 Å². The van der Waals surface area contributed by atoms with Crippen LogP contribution in [0, 0.1) is 0 Å². The summed E-state index contributed by atoms with van der Waals surface area (Å²) in [6.07, 6.45) is 1.69. The fourth-order valence-electron chi connectivity index (χ4n) is 2.67. The summed E-state index contributed by atoms with van der Waals surface area (Å²) in [5.41, 5.74) is 9.13. The lowest BCUT2D eigenvalue weighted by molar-refractivity contribution is 0.0714. The summed E-state index contributed by atoms with van der Waals surface area (Å²) in [4.78, 5) is 18.6. The third kappa shape index (κ3) is 3.85. The van der Waals surface area contributed by atoms with Crippen LogP contribution in [0.3, 0.4) is 0 Å². The highest BCUT2D eigenvalue weighted by molar-refractivity contribution is 7.07. The molecule has 0 radical (unpaired) electrons. The molecule has 0 unspecified atom stereocenters. The van der Waals surface area contributed by atoms with Gasteiger partial charge in [0.1, 0.15) is 6.61 Å². The lowest BCUT2D eigenvalue weighted by Gasteiger charge is -2.30. The van der Waals surface area contributed by atoms with Gasteiger partial charge in [-0.05, 0) is 31.0 Å². The van der Waals surface area contributed by atoms with Crippen molar-refractivity contribution >= 4 is 17.2 Å². The van der Waals surface area contributed by atoms with Crippen LogP contribution in [0.15, 0.2) is 29.1 Å². The third-order valence-electron chi connectivity index (χ3n) is 4.10. The SMILES string of the molecule is COc1cc(C(=O)N2CCC(N)CC2)ccc1OCc1cscn1. The molecule has 24 heavy (non-hydrogen) atoms. The molecular weight excluding hydrogens is 326 g/mol. The van der Waals surface area contributed by atoms with Crippen LogP contribution >= 0.6 is 11.3 Å². The normalized spacial score (nSPS) is 15.3. The van der Waals surface area contributed by atoms with Gasteiger partial charge in [0, 0.05) is 30.1 Å². The molecule has 2 aromatic rings. The van der Waals surface area contributed by atoms with Crippen molar-refractivity contribution in [2.24, 2.45) is 5.73 Å². The second-order valence-corrected chi connectivity index (χ2v) is 6.48. The average Bonchev–Trinajstić information content (AvgIpc) is 3.13. The number of thiazole rings is 1. The van der Waals surface area contributed by atoms with Gasteiger partial charge in [-0.3, -0.25) is 4.79 Å². The van der Waals surface area contributed by atoms with E-state index < -0.39 is 0 Å². The lowest BCUT2D eigenvalue weighted by Crippen LogP contribution is -2.42. The van der Waals surface area contributed by atoms with Crippen LogP contribution in [0.4, 0.5) is 0 Å². The standard InChI is InChI=1S/C17H21N3O3S/c1-22-16-8-12(17(21)20-6-4-13(18)5-7-20)2-3-15(16)23-9-14-10-24-11-19-14/h2-3,8,10-11,13H,4-7,9,18H2,1H3. The van der Waals surface area contributed by atoms with Gasteiger partial charge in [-0.15, -0.1) is 11.3 Å². The van der Waals surface area contributed by atoms with Crippen molar-refractivity contribution < 1.29 is 14.3 Å². The first-order valence-electron chi connectivity index (χ1n) is 7.90. The Kier molecular flexibility index (Phi) is 5.32. The molecule has 0 atom stereocenters. The maximum atomic E-state index is 12.6. The number of nitrogens with zero attached hydrogens (tertiary/aromatic N) is 2. The Morgan fingerprint density at radius 2 is 2.17 bits per heavy atom. The molecule has 1 aliphatic heterocycles. The van der Waals surface area contributed by atoms with E-state index >= 15 is 0 Å². The molecule has 0 saturated carbocycles. The van der Waals surface area contributed by atoms with E-state index in [1.165, 1.54) is 11.3 Å². The van der Waals surface area contributed by atoms with Crippen molar-refractivity contribution in [1.82, 2.24) is 9.88 Å². The van der Waals surface area contributed by atoms with Gasteiger partial charge in [0.05, 0.1) is 18.3 Å². The van der Waals surface area contributed by atoms with Crippen molar-refractivity contribution in [3.05, 3.63) is 40.3 Å². The topological polar surface area (TPSA) is 77.7 Å². The molecule has 1 saturated heterocycles. The van der Waals surface area contributed by atoms with Gasteiger partial charge in [0.2, 0.25) is 0 Å². The number of hydrogen-bond donors (Lipinski definition) is 1. The molecular formula is C17H21N3O3S. The molecule has 128 valence electrons. The predicted octanol–water partition coefficient (Wildman–Crippen LogP) is 2.29. The van der Waals surface area contributed by atoms with Crippen LogP contribution in [0.1, 0.15) is 28.9 Å². The summed E-state index contributed by atoms with van der Waals surface area (Å²) in [6.45, 7) is 1.77. The zero-order chi connectivity index (χ0) is 16.9. The molecule has 7 heteroatoms. The Balaban J connectivity index is 1.70. The molecule has 0 bridgehead atoms. The number of nitrogens with two attached hydrogens (primary N) is 1. The Bertz CT molecular complexity index is 682. The molecule has 1 aliphatic rings. The maximum absolute atomic E-state index is 12.6. The smallest absolute Gasteiger partial charge is 0.253 e. The number of methoxy groups -OCH3 is 1. The van der Waals surface area contributed by atoms with Crippen LogP contribution in [-0.2, 0) is 6.61 Å². The average molecular weight is 347 g/mol. The van der Waals surface area contributed by atoms with Gasteiger partial charge in [-0.25, -0.2) is 4.98 Å². The molecule has 0 aliphatic carbocycles. The second kappa shape index (κ2) is 7.63. The number of carbonyl (C=O) groups is 1. The van der Waals surface area contributed by atoms with Gasteiger partial charge < -0.3 is 20.1 Å². The number of benzene rings is 1. The van der Waals surface area contributed by atoms with Gasteiger partial charge >= 0.3 is 0 Å². The fourth-order valence-corrected chi connectivity index (χ4v) is 3.21. The summed E-state index contributed by atoms with van der Waals surface area (Å²) in [5, 5.41) is 1.94. The summed E-state index contributed by atoms with van der Waals surface area (Å²) in [7, 11) is 1.57. The maximum Gasteiger partial charge on any atom is 0.253 e. The minimum absolute atomic E-state index is 0.00579. The molecule has 1 aromatic carbocycles. The first-order valence-corrected chi connectivity index (χ1v) is 8.84. The number of rotatable bonds is 5. The van der Waals surface area contributed by atoms with Crippen LogP contribution in [0.25, 0.3) is 0 Å². The molecule has 0 spiro atoms. The minimum atomic E-state index is 0.00579. The molecule has 1 fully saturated rings. The number of aromatic nitrogens is 1. The quantitative estimate of drug-likeness (QED) is 0.898. The van der Waals surface area contributed by atoms with Gasteiger partial charge in [-0.2, -0.15) is 0 Å². The summed E-state index contributed by atoms with van der Waals surface area (Å²) < 4.78 is 11.1. The molecule has 1 amide bonds. The molecule has 6 nitrogen and oxygen atoms in total. The van der Waals surface area contributed by atoms with Crippen molar-refractivity contribution in [1.29, 1.82) is 0 Å². The van der Waals surface area contributed by atoms with E-state index in [2.05, 4.69) is 4.98 Å². The second-order valence-electron chi connectivity index (χ2n) is 5.76. The van der Waals surface area contributed by atoms with E-state index in [4.69, 9.17) is 15.2 Å². The minimum Gasteiger partial charge on any atom is -0.493 e. The number of hydrogen-bond acceptors (Lipinski definition) is 6. The number of piperidine rings is 1. The summed E-state index contributed by atoms with van der Waals surface area (Å²) >= 11 is 1.53. The fraction of sp³-hybridized carbons (Fsp3) is 0.412. The van der Waals surface area contributed by atoms with E-state index in [9.17, 15) is 4.79 Å². The highest BCUT2D eigenvalue weighted by atomic mass is 32.1. The Hall–Kier alpha value is -2.12. The number of ether oxygens (including phenoxy) is 2. The van der Waals surface area contributed by atoms with Gasteiger partial charge in [0.25, 0.3) is 5.91 Å². The van der Waals surface area contributed by atoms with Crippen LogP contribution < -0.4 is 15.2 Å². The van der Waals surface area contributed by atoms with Crippen molar-refractivity contribution in [2.75, 3.05) is 20.2 Å². The van der Waals surface area contributed by atoms with Gasteiger partial charge in [0.15, 0.2) is 11.5 Å². The molecule has 1 aromatic heterocycles. The zero-order valence-corrected chi connectivity index (χ0v) is 14.4. The zero-order valence-electron chi connectivity index (χ0n) is 13.6. The van der Waals surface area contributed by atoms with E-state index in [1.807, 2.05) is 10.3 Å². The highest BCUT2D eigenvalue weighted by Crippen LogP contribution is 2.29. The molecule has 2 N–H and O–H groups in total. The van der Waals surface area contributed by atoms with Crippen molar-refractivity contribution in [3.8, 4) is 11.5 Å². The Labute approximate surface area is 145 Å². The largest absolute Gasteiger partial charge is 0.493 e. The summed E-state index contributed by atoms with van der Waals surface area (Å²) in [5.74, 6) is 1.15. The van der Waals surface area contributed by atoms with Crippen LogP contribution in [0.5, 0.6) is 11.5 Å². The monoisotopic (exact) mass is 347 g/mol. The van der Waals surface area contributed by atoms with E-state index in [1.54, 1.807) is 30.8 Å². The Morgan fingerprint density at radius 1 is 1.38 bits per heavy atom. The van der Waals surface area contributed by atoms with E-state index in [0.29, 0.717) is 36.8 Å². The lowest BCUT2D eigenvalue weighted by atomic mass is 10.0. The molecule has 2 heterocycles. The highest BCUT2D eigenvalue weighted by Gasteiger charge is 2.22. The van der Waals surface area contributed by atoms with Crippen LogP contribution in [0.2, 0.25) is 0 Å². The van der Waals surface area contributed by atoms with Crippen molar-refractivity contribution in [3.63, 3.8) is 0 Å². The number of likely N-dealkylation sites (tertiary alicyclic amines) is 1. The Morgan fingerprint density at radius 3 is 2.83 bits per heavy atom.